The lowest BCUT2D eigenvalue weighted by molar-refractivity contribution is 0.0107. The lowest BCUT2D eigenvalue weighted by Gasteiger charge is -2.56. The molecule has 0 radical (unpaired) electrons. The molecule has 0 saturated heterocycles. The predicted molar refractivity (Wildman–Crippen MR) is 66.6 cm³/mol. The Hall–Kier alpha value is -0.570. The highest BCUT2D eigenvalue weighted by Crippen LogP contribution is 2.56. The van der Waals surface area contributed by atoms with Crippen LogP contribution in [0.2, 0.25) is 0 Å². The molecule has 0 unspecified atom stereocenters. The number of hydrogen-bond acceptors (Lipinski definition) is 3. The summed E-state index contributed by atoms with van der Waals surface area (Å²) in [6.07, 6.45) is 10.7. The highest BCUT2D eigenvalue weighted by atomic mass is 32.1. The molecule has 1 N–H and O–H groups in total. The number of nitrogens with one attached hydrogen (secondary N) is 1. The minimum Gasteiger partial charge on any atom is -0.356 e. The molecule has 0 amide bonds. The van der Waals surface area contributed by atoms with Crippen molar-refractivity contribution in [2.24, 2.45) is 17.8 Å². The van der Waals surface area contributed by atoms with Crippen LogP contribution in [0.3, 0.4) is 0 Å². The number of aromatic nitrogens is 1. The summed E-state index contributed by atoms with van der Waals surface area (Å²) >= 11 is 1.75. The minimum atomic E-state index is 0.423. The Kier molecular flexibility index (Phi) is 1.90. The van der Waals surface area contributed by atoms with Gasteiger partial charge in [0, 0.05) is 17.1 Å². The maximum atomic E-state index is 4.40. The van der Waals surface area contributed by atoms with Crippen LogP contribution < -0.4 is 5.32 Å². The Morgan fingerprint density at radius 3 is 2.25 bits per heavy atom. The van der Waals surface area contributed by atoms with E-state index in [2.05, 4.69) is 15.7 Å². The molecule has 1 aromatic heterocycles. The second-order valence-electron chi connectivity index (χ2n) is 6.16. The quantitative estimate of drug-likeness (QED) is 0.847. The maximum Gasteiger partial charge on any atom is 0.183 e. The molecule has 0 atom stereocenters. The summed E-state index contributed by atoms with van der Waals surface area (Å²) in [5, 5.41) is 6.99. The first-order chi connectivity index (χ1) is 7.81. The van der Waals surface area contributed by atoms with Crippen LogP contribution in [0.25, 0.3) is 0 Å². The molecular weight excluding hydrogens is 216 g/mol. The third-order valence-electron chi connectivity index (χ3n) is 4.84. The van der Waals surface area contributed by atoms with E-state index in [1.807, 2.05) is 6.20 Å². The summed E-state index contributed by atoms with van der Waals surface area (Å²) in [6, 6.07) is 0. The molecule has 86 valence electrons. The van der Waals surface area contributed by atoms with Crippen LogP contribution in [0, 0.1) is 17.8 Å². The molecule has 4 fully saturated rings. The number of nitrogens with zero attached hydrogens (tertiary/aromatic N) is 1. The fourth-order valence-corrected chi connectivity index (χ4v) is 5.42. The van der Waals surface area contributed by atoms with Gasteiger partial charge in [0.1, 0.15) is 0 Å². The van der Waals surface area contributed by atoms with E-state index in [4.69, 9.17) is 0 Å². The molecule has 5 rings (SSSR count). The molecule has 0 aliphatic heterocycles. The first kappa shape index (κ1) is 9.46. The standard InChI is InChI=1S/C13H18N2S/c1-2-16-12(14-1)15-13-6-9-3-10(7-13)5-11(4-9)8-13/h1-2,9-11H,3-8H2,(H,14,15). The van der Waals surface area contributed by atoms with Gasteiger partial charge in [-0.05, 0) is 56.3 Å². The number of anilines is 1. The Morgan fingerprint density at radius 1 is 1.12 bits per heavy atom. The second-order valence-corrected chi connectivity index (χ2v) is 7.05. The first-order valence-corrected chi connectivity index (χ1v) is 7.37. The summed E-state index contributed by atoms with van der Waals surface area (Å²) in [5.41, 5.74) is 0.423. The van der Waals surface area contributed by atoms with Crippen molar-refractivity contribution < 1.29 is 0 Å². The highest BCUT2D eigenvalue weighted by molar-refractivity contribution is 7.13. The van der Waals surface area contributed by atoms with Crippen molar-refractivity contribution in [3.63, 3.8) is 0 Å². The Bertz CT molecular complexity index is 349. The number of hydrogen-bond donors (Lipinski definition) is 1. The number of thiazole rings is 1. The lowest BCUT2D eigenvalue weighted by atomic mass is 9.53. The molecule has 1 aromatic rings. The van der Waals surface area contributed by atoms with Gasteiger partial charge in [-0.2, -0.15) is 0 Å². The molecule has 4 saturated carbocycles. The summed E-state index contributed by atoms with van der Waals surface area (Å²) in [4.78, 5) is 4.40. The van der Waals surface area contributed by atoms with E-state index in [-0.39, 0.29) is 0 Å². The van der Waals surface area contributed by atoms with Crippen LogP contribution in [0.1, 0.15) is 38.5 Å². The molecule has 3 heteroatoms. The molecular formula is C13H18N2S. The van der Waals surface area contributed by atoms with Crippen LogP contribution in [0.15, 0.2) is 11.6 Å². The molecule has 1 heterocycles. The molecule has 0 aromatic carbocycles. The summed E-state index contributed by atoms with van der Waals surface area (Å²) in [7, 11) is 0. The van der Waals surface area contributed by atoms with Gasteiger partial charge >= 0.3 is 0 Å². The van der Waals surface area contributed by atoms with Crippen molar-refractivity contribution in [3.8, 4) is 0 Å². The molecule has 4 aliphatic carbocycles. The maximum absolute atomic E-state index is 4.40. The zero-order valence-electron chi connectivity index (χ0n) is 9.48. The molecule has 0 spiro atoms. The second kappa shape index (κ2) is 3.22. The van der Waals surface area contributed by atoms with Crippen molar-refractivity contribution in [2.45, 2.75) is 44.1 Å². The fraction of sp³-hybridized carbons (Fsp3) is 0.769. The smallest absolute Gasteiger partial charge is 0.183 e. The minimum absolute atomic E-state index is 0.423. The van der Waals surface area contributed by atoms with Gasteiger partial charge in [0.2, 0.25) is 0 Å². The van der Waals surface area contributed by atoms with Gasteiger partial charge in [-0.1, -0.05) is 0 Å². The van der Waals surface area contributed by atoms with Gasteiger partial charge in [-0.15, -0.1) is 11.3 Å². The third-order valence-corrected chi connectivity index (χ3v) is 5.53. The molecule has 4 aliphatic rings. The van der Waals surface area contributed by atoms with E-state index in [0.29, 0.717) is 5.54 Å². The van der Waals surface area contributed by atoms with Crippen molar-refractivity contribution in [1.82, 2.24) is 4.98 Å². The number of rotatable bonds is 2. The van der Waals surface area contributed by atoms with E-state index in [1.165, 1.54) is 38.5 Å². The summed E-state index contributed by atoms with van der Waals surface area (Å²) in [6.45, 7) is 0. The zero-order valence-corrected chi connectivity index (χ0v) is 10.3. The molecule has 4 bridgehead atoms. The molecule has 16 heavy (non-hydrogen) atoms. The fourth-order valence-electron chi connectivity index (χ4n) is 4.78. The summed E-state index contributed by atoms with van der Waals surface area (Å²) < 4.78 is 0. The van der Waals surface area contributed by atoms with Gasteiger partial charge in [-0.3, -0.25) is 0 Å². The third kappa shape index (κ3) is 1.41. The van der Waals surface area contributed by atoms with Crippen molar-refractivity contribution in [3.05, 3.63) is 11.6 Å². The predicted octanol–water partition coefficient (Wildman–Crippen LogP) is 3.52. The van der Waals surface area contributed by atoms with Crippen LogP contribution >= 0.6 is 11.3 Å². The van der Waals surface area contributed by atoms with Gasteiger partial charge in [-0.25, -0.2) is 4.98 Å². The average molecular weight is 234 g/mol. The van der Waals surface area contributed by atoms with E-state index in [0.717, 1.165) is 22.9 Å². The van der Waals surface area contributed by atoms with Gasteiger partial charge in [0.05, 0.1) is 0 Å². The van der Waals surface area contributed by atoms with Gasteiger partial charge in [0.25, 0.3) is 0 Å². The van der Waals surface area contributed by atoms with Crippen molar-refractivity contribution in [1.29, 1.82) is 0 Å². The normalized spacial score (nSPS) is 44.9. The van der Waals surface area contributed by atoms with E-state index >= 15 is 0 Å². The first-order valence-electron chi connectivity index (χ1n) is 6.49. The van der Waals surface area contributed by atoms with Crippen LogP contribution in [0.4, 0.5) is 5.13 Å². The zero-order chi connectivity index (χ0) is 10.6. The Morgan fingerprint density at radius 2 is 1.75 bits per heavy atom. The highest BCUT2D eigenvalue weighted by Gasteiger charge is 2.51. The van der Waals surface area contributed by atoms with Crippen LogP contribution in [-0.4, -0.2) is 10.5 Å². The average Bonchev–Trinajstić information content (AvgIpc) is 2.66. The largest absolute Gasteiger partial charge is 0.356 e. The van der Waals surface area contributed by atoms with E-state index < -0.39 is 0 Å². The lowest BCUT2D eigenvalue weighted by Crippen LogP contribution is -2.54. The van der Waals surface area contributed by atoms with Crippen molar-refractivity contribution in [2.75, 3.05) is 5.32 Å². The van der Waals surface area contributed by atoms with Crippen LogP contribution in [-0.2, 0) is 0 Å². The van der Waals surface area contributed by atoms with Crippen LogP contribution in [0.5, 0.6) is 0 Å². The molecule has 2 nitrogen and oxygen atoms in total. The Balaban J connectivity index is 1.62. The van der Waals surface area contributed by atoms with Crippen molar-refractivity contribution >= 4 is 16.5 Å². The monoisotopic (exact) mass is 234 g/mol. The van der Waals surface area contributed by atoms with Gasteiger partial charge < -0.3 is 5.32 Å². The topological polar surface area (TPSA) is 24.9 Å². The Labute approximate surface area is 100 Å². The SMILES string of the molecule is c1csc(NC23CC4CC(CC(C4)C2)C3)n1. The van der Waals surface area contributed by atoms with E-state index in [1.54, 1.807) is 11.3 Å². The van der Waals surface area contributed by atoms with Gasteiger partial charge in [0.15, 0.2) is 5.13 Å². The summed E-state index contributed by atoms with van der Waals surface area (Å²) in [5.74, 6) is 3.04. The van der Waals surface area contributed by atoms with E-state index in [9.17, 15) is 0 Å².